The first-order chi connectivity index (χ1) is 12.4. The van der Waals surface area contributed by atoms with E-state index in [9.17, 15) is 19.1 Å². The number of hydrazone groups is 1. The van der Waals surface area contributed by atoms with Crippen molar-refractivity contribution in [3.63, 3.8) is 0 Å². The molecule has 3 N–H and O–H groups in total. The van der Waals surface area contributed by atoms with E-state index in [0.29, 0.717) is 5.56 Å². The van der Waals surface area contributed by atoms with E-state index in [1.807, 2.05) is 0 Å². The quantitative estimate of drug-likeness (QED) is 0.548. The lowest BCUT2D eigenvalue weighted by Gasteiger charge is -2.20. The zero-order valence-corrected chi connectivity index (χ0v) is 14.4. The molecule has 0 aliphatic heterocycles. The molecule has 2 aromatic carbocycles. The largest absolute Gasteiger partial charge is 0.507 e. The lowest BCUT2D eigenvalue weighted by atomic mass is 10.0. The van der Waals surface area contributed by atoms with Gasteiger partial charge in [0.1, 0.15) is 17.6 Å². The minimum absolute atomic E-state index is 0.0375. The fraction of sp³-hybridized carbons (Fsp3) is 0.211. The first-order valence-corrected chi connectivity index (χ1v) is 8.06. The second-order valence-corrected chi connectivity index (χ2v) is 6.00. The summed E-state index contributed by atoms with van der Waals surface area (Å²) in [6, 6.07) is 10.8. The highest BCUT2D eigenvalue weighted by Crippen LogP contribution is 2.12. The molecule has 0 radical (unpaired) electrons. The number of rotatable bonds is 6. The van der Waals surface area contributed by atoms with E-state index in [-0.39, 0.29) is 17.2 Å². The topological polar surface area (TPSA) is 90.8 Å². The van der Waals surface area contributed by atoms with Crippen LogP contribution in [-0.2, 0) is 4.79 Å². The third-order valence-electron chi connectivity index (χ3n) is 3.66. The zero-order valence-electron chi connectivity index (χ0n) is 14.4. The Morgan fingerprint density at radius 3 is 2.38 bits per heavy atom. The summed E-state index contributed by atoms with van der Waals surface area (Å²) in [5, 5.41) is 16.1. The van der Waals surface area contributed by atoms with Crippen LogP contribution in [0.5, 0.6) is 5.75 Å². The Labute approximate surface area is 150 Å². The van der Waals surface area contributed by atoms with Crippen LogP contribution in [0.25, 0.3) is 0 Å². The van der Waals surface area contributed by atoms with E-state index in [1.54, 1.807) is 32.0 Å². The van der Waals surface area contributed by atoms with Crippen LogP contribution >= 0.6 is 0 Å². The summed E-state index contributed by atoms with van der Waals surface area (Å²) in [5.41, 5.74) is 3.05. The van der Waals surface area contributed by atoms with Gasteiger partial charge in [0, 0.05) is 11.1 Å². The standard InChI is InChI=1S/C19H20FN3O3/c1-12(2)17(22-18(25)13-7-9-15(20)10-8-13)19(26)23-21-11-14-5-3-4-6-16(14)24/h3-12,17,24H,1-2H3,(H,22,25)(H,23,26). The average Bonchev–Trinajstić information content (AvgIpc) is 2.61. The molecule has 136 valence electrons. The van der Waals surface area contributed by atoms with Gasteiger partial charge in [0.05, 0.1) is 6.21 Å². The molecule has 1 atom stereocenters. The highest BCUT2D eigenvalue weighted by atomic mass is 19.1. The number of carbonyl (C=O) groups excluding carboxylic acids is 2. The summed E-state index contributed by atoms with van der Waals surface area (Å²) in [4.78, 5) is 24.5. The van der Waals surface area contributed by atoms with Gasteiger partial charge in [0.15, 0.2) is 0 Å². The first-order valence-electron chi connectivity index (χ1n) is 8.06. The number of nitrogens with one attached hydrogen (secondary N) is 2. The fourth-order valence-corrected chi connectivity index (χ4v) is 2.19. The summed E-state index contributed by atoms with van der Waals surface area (Å²) in [7, 11) is 0. The van der Waals surface area contributed by atoms with Crippen molar-refractivity contribution in [1.82, 2.24) is 10.7 Å². The molecule has 26 heavy (non-hydrogen) atoms. The van der Waals surface area contributed by atoms with E-state index in [0.717, 1.165) is 0 Å². The molecule has 7 heteroatoms. The fourth-order valence-electron chi connectivity index (χ4n) is 2.19. The number of phenols is 1. The van der Waals surface area contributed by atoms with Crippen LogP contribution in [0.4, 0.5) is 4.39 Å². The minimum Gasteiger partial charge on any atom is -0.507 e. The Hall–Kier alpha value is -3.22. The van der Waals surface area contributed by atoms with Crippen molar-refractivity contribution < 1.29 is 19.1 Å². The van der Waals surface area contributed by atoms with Crippen LogP contribution in [0.1, 0.15) is 29.8 Å². The van der Waals surface area contributed by atoms with Gasteiger partial charge in [-0.1, -0.05) is 26.0 Å². The number of halogens is 1. The Morgan fingerprint density at radius 2 is 1.77 bits per heavy atom. The Kier molecular flexibility index (Phi) is 6.43. The number of para-hydroxylation sites is 1. The average molecular weight is 357 g/mol. The molecule has 0 heterocycles. The Morgan fingerprint density at radius 1 is 1.12 bits per heavy atom. The molecule has 0 saturated carbocycles. The maximum atomic E-state index is 12.9. The molecule has 2 amide bonds. The molecule has 0 fully saturated rings. The lowest BCUT2D eigenvalue weighted by molar-refractivity contribution is -0.123. The van der Waals surface area contributed by atoms with Gasteiger partial charge < -0.3 is 10.4 Å². The van der Waals surface area contributed by atoms with Crippen LogP contribution in [0.3, 0.4) is 0 Å². The van der Waals surface area contributed by atoms with Crippen LogP contribution in [0, 0.1) is 11.7 Å². The van der Waals surface area contributed by atoms with Crippen molar-refractivity contribution >= 4 is 18.0 Å². The lowest BCUT2D eigenvalue weighted by Crippen LogP contribution is -2.48. The van der Waals surface area contributed by atoms with E-state index >= 15 is 0 Å². The van der Waals surface area contributed by atoms with E-state index in [2.05, 4.69) is 15.8 Å². The summed E-state index contributed by atoms with van der Waals surface area (Å²) >= 11 is 0. The van der Waals surface area contributed by atoms with Gasteiger partial charge in [-0.3, -0.25) is 9.59 Å². The number of hydrogen-bond donors (Lipinski definition) is 3. The second kappa shape index (κ2) is 8.75. The van der Waals surface area contributed by atoms with Crippen LogP contribution in [0.2, 0.25) is 0 Å². The summed E-state index contributed by atoms with van der Waals surface area (Å²) in [6.07, 6.45) is 1.31. The molecule has 0 aliphatic rings. The minimum atomic E-state index is -0.825. The molecule has 6 nitrogen and oxygen atoms in total. The van der Waals surface area contributed by atoms with E-state index < -0.39 is 23.7 Å². The van der Waals surface area contributed by atoms with Gasteiger partial charge >= 0.3 is 0 Å². The zero-order chi connectivity index (χ0) is 19.1. The number of aromatic hydroxyl groups is 1. The number of hydrogen-bond acceptors (Lipinski definition) is 4. The first kappa shape index (κ1) is 19.1. The molecule has 0 aliphatic carbocycles. The van der Waals surface area contributed by atoms with E-state index in [4.69, 9.17) is 0 Å². The van der Waals surface area contributed by atoms with Crippen LogP contribution < -0.4 is 10.7 Å². The SMILES string of the molecule is CC(C)C(NC(=O)c1ccc(F)cc1)C(=O)NN=Cc1ccccc1O. The Balaban J connectivity index is 2.02. The summed E-state index contributed by atoms with van der Waals surface area (Å²) in [6.45, 7) is 3.56. The predicted octanol–water partition coefficient (Wildman–Crippen LogP) is 2.44. The molecule has 0 saturated heterocycles. The Bertz CT molecular complexity index is 804. The normalized spacial score (nSPS) is 12.2. The van der Waals surface area contributed by atoms with Crippen LogP contribution in [-0.4, -0.2) is 29.2 Å². The van der Waals surface area contributed by atoms with Crippen molar-refractivity contribution in [3.05, 3.63) is 65.5 Å². The van der Waals surface area contributed by atoms with Gasteiger partial charge in [-0.25, -0.2) is 9.82 Å². The molecule has 0 spiro atoms. The van der Waals surface area contributed by atoms with Crippen molar-refractivity contribution in [2.45, 2.75) is 19.9 Å². The number of amides is 2. The number of nitrogens with zero attached hydrogens (tertiary/aromatic N) is 1. The summed E-state index contributed by atoms with van der Waals surface area (Å²) in [5.74, 6) is -1.58. The van der Waals surface area contributed by atoms with Gasteiger partial charge in [-0.2, -0.15) is 5.10 Å². The van der Waals surface area contributed by atoms with Gasteiger partial charge in [0.25, 0.3) is 11.8 Å². The van der Waals surface area contributed by atoms with Gasteiger partial charge in [0.2, 0.25) is 0 Å². The number of benzene rings is 2. The van der Waals surface area contributed by atoms with Crippen molar-refractivity contribution in [2.24, 2.45) is 11.0 Å². The molecule has 1 unspecified atom stereocenters. The van der Waals surface area contributed by atoms with Crippen molar-refractivity contribution in [3.8, 4) is 5.75 Å². The number of carbonyl (C=O) groups is 2. The molecule has 2 rings (SSSR count). The molecular formula is C19H20FN3O3. The third kappa shape index (κ3) is 5.14. The molecule has 0 aromatic heterocycles. The van der Waals surface area contributed by atoms with Gasteiger partial charge in [-0.15, -0.1) is 0 Å². The highest BCUT2D eigenvalue weighted by Gasteiger charge is 2.24. The molecular weight excluding hydrogens is 337 g/mol. The van der Waals surface area contributed by atoms with Crippen LogP contribution in [0.15, 0.2) is 53.6 Å². The predicted molar refractivity (Wildman–Crippen MR) is 96.3 cm³/mol. The summed E-state index contributed by atoms with van der Waals surface area (Å²) < 4.78 is 12.9. The molecule has 0 bridgehead atoms. The smallest absolute Gasteiger partial charge is 0.262 e. The maximum absolute atomic E-state index is 12.9. The second-order valence-electron chi connectivity index (χ2n) is 6.00. The molecule has 2 aromatic rings. The van der Waals surface area contributed by atoms with Crippen molar-refractivity contribution in [2.75, 3.05) is 0 Å². The monoisotopic (exact) mass is 357 g/mol. The van der Waals surface area contributed by atoms with Gasteiger partial charge in [-0.05, 0) is 42.3 Å². The number of phenolic OH excluding ortho intramolecular Hbond substituents is 1. The highest BCUT2D eigenvalue weighted by molar-refractivity contribution is 5.97. The third-order valence-corrected chi connectivity index (χ3v) is 3.66. The van der Waals surface area contributed by atoms with E-state index in [1.165, 1.54) is 36.5 Å². The maximum Gasteiger partial charge on any atom is 0.262 e. The van der Waals surface area contributed by atoms with Crippen molar-refractivity contribution in [1.29, 1.82) is 0 Å².